The maximum Gasteiger partial charge on any atom is 0.239 e. The van der Waals surface area contributed by atoms with Crippen LogP contribution in [0, 0.1) is 0 Å². The van der Waals surface area contributed by atoms with Crippen molar-refractivity contribution in [3.05, 3.63) is 28.1 Å². The summed E-state index contributed by atoms with van der Waals surface area (Å²) in [7, 11) is 1.92. The van der Waals surface area contributed by atoms with E-state index >= 15 is 0 Å². The molecular formula is C11H16BrN7. The summed E-state index contributed by atoms with van der Waals surface area (Å²) in [5.41, 5.74) is 4.65. The number of aryl methyl sites for hydroxylation is 2. The highest BCUT2D eigenvalue weighted by Gasteiger charge is 2.08. The minimum atomic E-state index is 0.368. The molecule has 2 aromatic heterocycles. The van der Waals surface area contributed by atoms with Crippen molar-refractivity contribution in [2.75, 3.05) is 10.7 Å². The molecular weight excluding hydrogens is 310 g/mol. The van der Waals surface area contributed by atoms with Crippen molar-refractivity contribution in [2.45, 2.75) is 19.9 Å². The number of nitrogens with zero attached hydrogens (tertiary/aromatic N) is 4. The predicted molar refractivity (Wildman–Crippen MR) is 77.5 cm³/mol. The first-order chi connectivity index (χ1) is 9.13. The van der Waals surface area contributed by atoms with E-state index in [4.69, 9.17) is 5.84 Å². The van der Waals surface area contributed by atoms with Crippen molar-refractivity contribution in [2.24, 2.45) is 12.9 Å². The van der Waals surface area contributed by atoms with E-state index < -0.39 is 0 Å². The zero-order valence-corrected chi connectivity index (χ0v) is 12.4. The van der Waals surface area contributed by atoms with Gasteiger partial charge in [-0.25, -0.2) is 10.8 Å². The third-order valence-electron chi connectivity index (χ3n) is 2.65. The largest absolute Gasteiger partial charge is 0.365 e. The van der Waals surface area contributed by atoms with E-state index in [2.05, 4.69) is 48.7 Å². The minimum absolute atomic E-state index is 0.368. The Morgan fingerprint density at radius 3 is 2.95 bits per heavy atom. The van der Waals surface area contributed by atoms with Crippen molar-refractivity contribution in [1.82, 2.24) is 19.7 Å². The van der Waals surface area contributed by atoms with Gasteiger partial charge in [0.15, 0.2) is 0 Å². The summed E-state index contributed by atoms with van der Waals surface area (Å²) in [6.07, 6.45) is 4.55. The van der Waals surface area contributed by atoms with Crippen LogP contribution in [0.25, 0.3) is 0 Å². The number of halogens is 1. The predicted octanol–water partition coefficient (Wildman–Crippen LogP) is 1.43. The number of nitrogens with one attached hydrogen (secondary N) is 2. The molecule has 0 unspecified atom stereocenters. The van der Waals surface area contributed by atoms with Gasteiger partial charge in [-0.2, -0.15) is 10.1 Å². The summed E-state index contributed by atoms with van der Waals surface area (Å²) in [6, 6.07) is 0. The highest BCUT2D eigenvalue weighted by Crippen LogP contribution is 2.21. The van der Waals surface area contributed by atoms with Gasteiger partial charge in [-0.3, -0.25) is 10.1 Å². The van der Waals surface area contributed by atoms with E-state index in [1.807, 2.05) is 17.9 Å². The fourth-order valence-corrected chi connectivity index (χ4v) is 2.10. The third-order valence-corrected chi connectivity index (χ3v) is 3.23. The summed E-state index contributed by atoms with van der Waals surface area (Å²) in [5, 5.41) is 7.64. The summed E-state index contributed by atoms with van der Waals surface area (Å²) in [5.74, 6) is 6.35. The Balaban J connectivity index is 2.13. The molecule has 0 atom stereocenters. The van der Waals surface area contributed by atoms with Gasteiger partial charge in [0.2, 0.25) is 5.95 Å². The fourth-order valence-electron chi connectivity index (χ4n) is 1.77. The SMILES string of the molecule is CCc1nn(C)cc1CNc1nc(NN)ncc1Br. The van der Waals surface area contributed by atoms with Crippen LogP contribution in [0.5, 0.6) is 0 Å². The van der Waals surface area contributed by atoms with E-state index in [0.717, 1.165) is 22.2 Å². The second kappa shape index (κ2) is 5.98. The van der Waals surface area contributed by atoms with Gasteiger partial charge >= 0.3 is 0 Å². The lowest BCUT2D eigenvalue weighted by atomic mass is 10.2. The molecule has 19 heavy (non-hydrogen) atoms. The van der Waals surface area contributed by atoms with Crippen LogP contribution in [-0.2, 0) is 20.0 Å². The van der Waals surface area contributed by atoms with E-state index in [-0.39, 0.29) is 0 Å². The number of nitrogen functional groups attached to an aromatic ring is 1. The van der Waals surface area contributed by atoms with E-state index in [1.165, 1.54) is 0 Å². The zero-order valence-electron chi connectivity index (χ0n) is 10.8. The number of hydrogen-bond acceptors (Lipinski definition) is 6. The summed E-state index contributed by atoms with van der Waals surface area (Å²) >= 11 is 3.40. The van der Waals surface area contributed by atoms with E-state index in [1.54, 1.807) is 6.20 Å². The number of hydrazine groups is 1. The molecule has 0 saturated heterocycles. The van der Waals surface area contributed by atoms with Crippen LogP contribution >= 0.6 is 15.9 Å². The molecule has 0 radical (unpaired) electrons. The Kier molecular flexibility index (Phi) is 4.33. The maximum absolute atomic E-state index is 5.29. The molecule has 0 aliphatic rings. The van der Waals surface area contributed by atoms with Crippen LogP contribution in [0.2, 0.25) is 0 Å². The Labute approximate surface area is 119 Å². The Morgan fingerprint density at radius 2 is 2.26 bits per heavy atom. The summed E-state index contributed by atoms with van der Waals surface area (Å²) in [4.78, 5) is 8.24. The summed E-state index contributed by atoms with van der Waals surface area (Å²) < 4.78 is 2.60. The van der Waals surface area contributed by atoms with Gasteiger partial charge in [0.1, 0.15) is 5.82 Å². The molecule has 0 spiro atoms. The topological polar surface area (TPSA) is 93.7 Å². The molecule has 2 aromatic rings. The molecule has 102 valence electrons. The number of nitrogens with two attached hydrogens (primary N) is 1. The smallest absolute Gasteiger partial charge is 0.239 e. The van der Waals surface area contributed by atoms with Crippen molar-refractivity contribution >= 4 is 27.7 Å². The lowest BCUT2D eigenvalue weighted by Crippen LogP contribution is -2.12. The fraction of sp³-hybridized carbons (Fsp3) is 0.364. The Bertz CT molecular complexity index is 566. The molecule has 0 amide bonds. The van der Waals surface area contributed by atoms with Gasteiger partial charge in [0.25, 0.3) is 0 Å². The van der Waals surface area contributed by atoms with Crippen molar-refractivity contribution in [3.63, 3.8) is 0 Å². The highest BCUT2D eigenvalue weighted by atomic mass is 79.9. The van der Waals surface area contributed by atoms with Crippen molar-refractivity contribution < 1.29 is 0 Å². The van der Waals surface area contributed by atoms with Gasteiger partial charge in [-0.1, -0.05) is 6.92 Å². The monoisotopic (exact) mass is 325 g/mol. The number of hydrogen-bond donors (Lipinski definition) is 3. The Hall–Kier alpha value is -1.67. The first-order valence-corrected chi connectivity index (χ1v) is 6.67. The second-order valence-corrected chi connectivity index (χ2v) is 4.87. The molecule has 2 heterocycles. The molecule has 7 nitrogen and oxygen atoms in total. The quantitative estimate of drug-likeness (QED) is 0.568. The van der Waals surface area contributed by atoms with Crippen LogP contribution in [-0.4, -0.2) is 19.7 Å². The van der Waals surface area contributed by atoms with E-state index in [9.17, 15) is 0 Å². The first kappa shape index (κ1) is 13.8. The second-order valence-electron chi connectivity index (χ2n) is 4.02. The normalized spacial score (nSPS) is 10.5. The molecule has 2 rings (SSSR count). The highest BCUT2D eigenvalue weighted by molar-refractivity contribution is 9.10. The van der Waals surface area contributed by atoms with Gasteiger partial charge < -0.3 is 5.32 Å². The third kappa shape index (κ3) is 3.21. The molecule has 0 fully saturated rings. The van der Waals surface area contributed by atoms with Crippen LogP contribution in [0.1, 0.15) is 18.2 Å². The molecule has 0 aromatic carbocycles. The molecule has 0 aliphatic carbocycles. The molecule has 8 heteroatoms. The van der Waals surface area contributed by atoms with Crippen LogP contribution < -0.4 is 16.6 Å². The van der Waals surface area contributed by atoms with Gasteiger partial charge in [-0.15, -0.1) is 0 Å². The van der Waals surface area contributed by atoms with Gasteiger partial charge in [0.05, 0.1) is 10.2 Å². The maximum atomic E-state index is 5.29. The first-order valence-electron chi connectivity index (χ1n) is 5.88. The number of aromatic nitrogens is 4. The number of rotatable bonds is 5. The molecule has 0 bridgehead atoms. The van der Waals surface area contributed by atoms with Crippen molar-refractivity contribution in [3.8, 4) is 0 Å². The average Bonchev–Trinajstić information content (AvgIpc) is 2.78. The van der Waals surface area contributed by atoms with Crippen LogP contribution in [0.15, 0.2) is 16.9 Å². The van der Waals surface area contributed by atoms with Gasteiger partial charge in [0, 0.05) is 31.5 Å². The molecule has 0 aliphatic heterocycles. The van der Waals surface area contributed by atoms with E-state index in [0.29, 0.717) is 18.3 Å². The minimum Gasteiger partial charge on any atom is -0.365 e. The zero-order chi connectivity index (χ0) is 13.8. The molecule has 4 N–H and O–H groups in total. The summed E-state index contributed by atoms with van der Waals surface area (Å²) in [6.45, 7) is 2.74. The Morgan fingerprint density at radius 1 is 1.47 bits per heavy atom. The van der Waals surface area contributed by atoms with Gasteiger partial charge in [-0.05, 0) is 22.4 Å². The van der Waals surface area contributed by atoms with Crippen molar-refractivity contribution in [1.29, 1.82) is 0 Å². The molecule has 0 saturated carbocycles. The average molecular weight is 326 g/mol. The lowest BCUT2D eigenvalue weighted by molar-refractivity contribution is 0.746. The van der Waals surface area contributed by atoms with Crippen LogP contribution in [0.3, 0.4) is 0 Å². The lowest BCUT2D eigenvalue weighted by Gasteiger charge is -2.08. The number of anilines is 2. The van der Waals surface area contributed by atoms with Crippen LogP contribution in [0.4, 0.5) is 11.8 Å². The standard InChI is InChI=1S/C11H16BrN7/c1-3-9-7(6-19(2)18-9)4-14-10-8(12)5-15-11(16-10)17-13/h5-6H,3-4,13H2,1-2H3,(H2,14,15,16,17).